The summed E-state index contributed by atoms with van der Waals surface area (Å²) in [5.41, 5.74) is 0. The first-order valence-corrected chi connectivity index (χ1v) is 7.08. The van der Waals surface area contributed by atoms with Crippen molar-refractivity contribution in [2.24, 2.45) is 0 Å². The number of ketones is 1. The summed E-state index contributed by atoms with van der Waals surface area (Å²) >= 11 is 11.2. The molecule has 2 rings (SSSR count). The third-order valence-corrected chi connectivity index (χ3v) is 5.64. The average molecular weight is 415 g/mol. The molecule has 78 valence electrons. The van der Waals surface area contributed by atoms with E-state index < -0.39 is 0 Å². The van der Waals surface area contributed by atoms with Crippen molar-refractivity contribution in [1.82, 2.24) is 0 Å². The number of halogens is 3. The molecule has 0 aliphatic rings. The van der Waals surface area contributed by atoms with E-state index >= 15 is 0 Å². The Morgan fingerprint density at radius 1 is 1.27 bits per heavy atom. The number of rotatable bonds is 2. The van der Waals surface area contributed by atoms with Gasteiger partial charge in [-0.25, -0.2) is 0 Å². The molecule has 6 heteroatoms. The maximum Gasteiger partial charge on any atom is 0.239 e. The van der Waals surface area contributed by atoms with Gasteiger partial charge in [-0.05, 0) is 59.9 Å². The first kappa shape index (κ1) is 11.6. The van der Waals surface area contributed by atoms with Crippen LogP contribution in [-0.2, 0) is 0 Å². The maximum absolute atomic E-state index is 11.9. The average Bonchev–Trinajstić information content (AvgIpc) is 2.75. The smallest absolute Gasteiger partial charge is 0.239 e. The number of hydrogen-bond donors (Lipinski definition) is 0. The molecule has 0 fully saturated rings. The monoisotopic (exact) mass is 412 g/mol. The van der Waals surface area contributed by atoms with Crippen molar-refractivity contribution in [2.45, 2.75) is 0 Å². The zero-order chi connectivity index (χ0) is 11.0. The van der Waals surface area contributed by atoms with E-state index in [1.807, 2.05) is 5.38 Å². The number of carbonyl (C=O) groups excluding carboxylic acids is 1. The molecule has 0 N–H and O–H groups in total. The van der Waals surface area contributed by atoms with Crippen LogP contribution in [0, 0.1) is 0 Å². The Morgan fingerprint density at radius 3 is 2.47 bits per heavy atom. The molecule has 15 heavy (non-hydrogen) atoms. The van der Waals surface area contributed by atoms with Crippen LogP contribution in [0.4, 0.5) is 0 Å². The van der Waals surface area contributed by atoms with E-state index in [-0.39, 0.29) is 5.78 Å². The van der Waals surface area contributed by atoms with E-state index in [0.717, 1.165) is 8.95 Å². The SMILES string of the molecule is O=C(c1ccc(Br)o1)c1scc(Br)c1Br. The molecule has 0 saturated heterocycles. The predicted octanol–water partition coefficient (Wildman–Crippen LogP) is 4.86. The van der Waals surface area contributed by atoms with Gasteiger partial charge in [0.25, 0.3) is 0 Å². The molecule has 0 aromatic carbocycles. The second kappa shape index (κ2) is 4.53. The molecule has 0 aliphatic heterocycles. The molecule has 0 saturated carbocycles. The molecular formula is C9H3Br3O2S. The third-order valence-electron chi connectivity index (χ3n) is 1.69. The van der Waals surface area contributed by atoms with Crippen LogP contribution in [-0.4, -0.2) is 5.78 Å². The summed E-state index contributed by atoms with van der Waals surface area (Å²) in [6.45, 7) is 0. The molecule has 0 spiro atoms. The van der Waals surface area contributed by atoms with E-state index in [2.05, 4.69) is 47.8 Å². The summed E-state index contributed by atoms with van der Waals surface area (Å²) < 4.78 is 7.40. The Labute approximate surface area is 115 Å². The van der Waals surface area contributed by atoms with Crippen LogP contribution in [0.5, 0.6) is 0 Å². The fourth-order valence-electron chi connectivity index (χ4n) is 1.02. The Kier molecular flexibility index (Phi) is 3.49. The second-order valence-electron chi connectivity index (χ2n) is 2.66. The molecule has 0 atom stereocenters. The fraction of sp³-hybridized carbons (Fsp3) is 0. The van der Waals surface area contributed by atoms with Crippen LogP contribution in [0.1, 0.15) is 15.4 Å². The molecule has 2 aromatic rings. The molecule has 0 aliphatic carbocycles. The van der Waals surface area contributed by atoms with Crippen molar-refractivity contribution in [1.29, 1.82) is 0 Å². The molecule has 0 bridgehead atoms. The van der Waals surface area contributed by atoms with Gasteiger partial charge in [0.1, 0.15) is 0 Å². The van der Waals surface area contributed by atoms with Gasteiger partial charge in [-0.2, -0.15) is 0 Å². The van der Waals surface area contributed by atoms with Crippen molar-refractivity contribution < 1.29 is 9.21 Å². The largest absolute Gasteiger partial charge is 0.446 e. The zero-order valence-electron chi connectivity index (χ0n) is 7.09. The lowest BCUT2D eigenvalue weighted by Gasteiger charge is -1.94. The van der Waals surface area contributed by atoms with Crippen LogP contribution in [0.3, 0.4) is 0 Å². The van der Waals surface area contributed by atoms with Crippen molar-refractivity contribution in [2.75, 3.05) is 0 Å². The van der Waals surface area contributed by atoms with E-state index in [1.54, 1.807) is 12.1 Å². The number of thiophene rings is 1. The van der Waals surface area contributed by atoms with Gasteiger partial charge in [-0.1, -0.05) is 0 Å². The van der Waals surface area contributed by atoms with Crippen molar-refractivity contribution >= 4 is 64.9 Å². The van der Waals surface area contributed by atoms with Gasteiger partial charge < -0.3 is 4.42 Å². The van der Waals surface area contributed by atoms with Gasteiger partial charge in [0.2, 0.25) is 5.78 Å². The summed E-state index contributed by atoms with van der Waals surface area (Å²) in [6, 6.07) is 3.34. The molecule has 0 amide bonds. The van der Waals surface area contributed by atoms with Gasteiger partial charge in [-0.15, -0.1) is 11.3 Å². The number of carbonyl (C=O) groups is 1. The van der Waals surface area contributed by atoms with E-state index in [0.29, 0.717) is 15.3 Å². The van der Waals surface area contributed by atoms with Gasteiger partial charge in [0.05, 0.1) is 9.35 Å². The molecule has 2 aromatic heterocycles. The summed E-state index contributed by atoms with van der Waals surface area (Å²) in [6.07, 6.45) is 0. The Bertz CT molecular complexity index is 515. The first-order valence-electron chi connectivity index (χ1n) is 3.82. The minimum Gasteiger partial charge on any atom is -0.446 e. The molecule has 0 unspecified atom stereocenters. The molecule has 2 heterocycles. The van der Waals surface area contributed by atoms with Gasteiger partial charge in [0.15, 0.2) is 10.4 Å². The maximum atomic E-state index is 11.9. The van der Waals surface area contributed by atoms with Gasteiger partial charge in [0, 0.05) is 9.85 Å². The normalized spacial score (nSPS) is 10.6. The third kappa shape index (κ3) is 2.27. The minimum absolute atomic E-state index is 0.122. The van der Waals surface area contributed by atoms with E-state index in [1.165, 1.54) is 11.3 Å². The topological polar surface area (TPSA) is 30.2 Å². The fourth-order valence-corrected chi connectivity index (χ4v) is 3.43. The van der Waals surface area contributed by atoms with Crippen molar-refractivity contribution in [3.63, 3.8) is 0 Å². The highest BCUT2D eigenvalue weighted by Gasteiger charge is 2.19. The summed E-state index contributed by atoms with van der Waals surface area (Å²) in [5.74, 6) is 0.209. The Morgan fingerprint density at radius 2 is 2.00 bits per heavy atom. The lowest BCUT2D eigenvalue weighted by atomic mass is 10.2. The van der Waals surface area contributed by atoms with E-state index in [9.17, 15) is 4.79 Å². The summed E-state index contributed by atoms with van der Waals surface area (Å²) in [4.78, 5) is 12.6. The summed E-state index contributed by atoms with van der Waals surface area (Å²) in [7, 11) is 0. The van der Waals surface area contributed by atoms with Crippen molar-refractivity contribution in [3.05, 3.63) is 41.8 Å². The van der Waals surface area contributed by atoms with Crippen LogP contribution in [0.2, 0.25) is 0 Å². The van der Waals surface area contributed by atoms with Crippen LogP contribution in [0.25, 0.3) is 0 Å². The predicted molar refractivity (Wildman–Crippen MR) is 69.6 cm³/mol. The minimum atomic E-state index is -0.122. The van der Waals surface area contributed by atoms with Gasteiger partial charge >= 0.3 is 0 Å². The lowest BCUT2D eigenvalue weighted by Crippen LogP contribution is -1.96. The highest BCUT2D eigenvalue weighted by Crippen LogP contribution is 2.34. The Hall–Kier alpha value is 0.0900. The summed E-state index contributed by atoms with van der Waals surface area (Å²) in [5, 5.41) is 1.86. The Balaban J connectivity index is 2.41. The number of hydrogen-bond acceptors (Lipinski definition) is 3. The van der Waals surface area contributed by atoms with E-state index in [4.69, 9.17) is 4.42 Å². The zero-order valence-corrected chi connectivity index (χ0v) is 12.7. The first-order chi connectivity index (χ1) is 7.09. The molecule has 0 radical (unpaired) electrons. The molecule has 2 nitrogen and oxygen atoms in total. The highest BCUT2D eigenvalue weighted by molar-refractivity contribution is 9.13. The van der Waals surface area contributed by atoms with Crippen molar-refractivity contribution in [3.8, 4) is 0 Å². The second-order valence-corrected chi connectivity index (χ2v) is 5.97. The highest BCUT2D eigenvalue weighted by atomic mass is 79.9. The van der Waals surface area contributed by atoms with Crippen LogP contribution < -0.4 is 0 Å². The molecular weight excluding hydrogens is 412 g/mol. The van der Waals surface area contributed by atoms with Crippen LogP contribution in [0.15, 0.2) is 35.5 Å². The van der Waals surface area contributed by atoms with Gasteiger partial charge in [-0.3, -0.25) is 4.79 Å². The van der Waals surface area contributed by atoms with Crippen LogP contribution >= 0.6 is 59.1 Å². The lowest BCUT2D eigenvalue weighted by molar-refractivity contribution is 0.101. The number of furan rings is 1. The quantitative estimate of drug-likeness (QED) is 0.657. The standard InChI is InChI=1S/C9H3Br3O2S/c10-4-3-15-9(7(4)12)8(13)5-1-2-6(11)14-5/h1-3H.